The molecule has 3 nitrogen and oxygen atoms in total. The smallest absolute Gasteiger partial charge is 0.220 e. The largest absolute Gasteiger partial charge is 0.494 e. The minimum Gasteiger partial charge on any atom is -0.494 e. The fraction of sp³-hybridized carbons (Fsp3) is 0.562. The summed E-state index contributed by atoms with van der Waals surface area (Å²) in [5.41, 5.74) is 1.06. The molecule has 1 aliphatic heterocycles. The highest BCUT2D eigenvalue weighted by atomic mass is 16.5. The second-order valence-electron chi connectivity index (χ2n) is 5.58. The number of nitrogens with one attached hydrogen (secondary N) is 1. The molecule has 0 spiro atoms. The van der Waals surface area contributed by atoms with Gasteiger partial charge in [-0.1, -0.05) is 32.0 Å². The van der Waals surface area contributed by atoms with Gasteiger partial charge in [-0.3, -0.25) is 4.79 Å². The Bertz CT molecular complexity index is 456. The molecular formula is C16H23NO2. The topological polar surface area (TPSA) is 38.3 Å². The van der Waals surface area contributed by atoms with Crippen molar-refractivity contribution in [3.63, 3.8) is 0 Å². The second kappa shape index (κ2) is 5.64. The fourth-order valence-corrected chi connectivity index (χ4v) is 2.80. The number of benzene rings is 1. The number of ether oxygens (including phenoxy) is 1. The molecule has 1 saturated heterocycles. The fourth-order valence-electron chi connectivity index (χ4n) is 2.80. The van der Waals surface area contributed by atoms with Gasteiger partial charge >= 0.3 is 0 Å². The molecule has 0 radical (unpaired) electrons. The van der Waals surface area contributed by atoms with Gasteiger partial charge in [0, 0.05) is 12.0 Å². The van der Waals surface area contributed by atoms with E-state index in [9.17, 15) is 4.79 Å². The first-order chi connectivity index (χ1) is 9.07. The van der Waals surface area contributed by atoms with Crippen LogP contribution in [0.2, 0.25) is 0 Å². The Labute approximate surface area is 115 Å². The number of hydrogen-bond donors (Lipinski definition) is 1. The summed E-state index contributed by atoms with van der Waals surface area (Å²) in [6.07, 6.45) is 2.38. The molecule has 1 unspecified atom stereocenters. The first kappa shape index (κ1) is 13.9. The van der Waals surface area contributed by atoms with E-state index in [0.717, 1.165) is 18.6 Å². The standard InChI is InChI=1S/C16H23NO2/c1-4-19-14-8-6-5-7-13(14)11-16(12(2)3)10-9-15(18)17-16/h5-8,12H,4,9-11H2,1-3H3,(H,17,18). The maximum absolute atomic E-state index is 11.6. The van der Waals surface area contributed by atoms with Crippen molar-refractivity contribution in [2.45, 2.75) is 45.6 Å². The molecule has 0 bridgehead atoms. The molecular weight excluding hydrogens is 238 g/mol. The molecule has 0 aromatic heterocycles. The predicted molar refractivity (Wildman–Crippen MR) is 76.3 cm³/mol. The molecule has 1 fully saturated rings. The minimum absolute atomic E-state index is 0.121. The van der Waals surface area contributed by atoms with Crippen LogP contribution in [0.5, 0.6) is 5.75 Å². The van der Waals surface area contributed by atoms with E-state index in [2.05, 4.69) is 25.2 Å². The maximum atomic E-state index is 11.6. The number of para-hydroxylation sites is 1. The first-order valence-electron chi connectivity index (χ1n) is 7.09. The van der Waals surface area contributed by atoms with Crippen molar-refractivity contribution in [2.75, 3.05) is 6.61 Å². The average Bonchev–Trinajstić information content (AvgIpc) is 2.75. The number of rotatable bonds is 5. The molecule has 19 heavy (non-hydrogen) atoms. The van der Waals surface area contributed by atoms with Gasteiger partial charge in [0.2, 0.25) is 5.91 Å². The Kier molecular flexibility index (Phi) is 4.13. The summed E-state index contributed by atoms with van der Waals surface area (Å²) in [7, 11) is 0. The van der Waals surface area contributed by atoms with E-state index < -0.39 is 0 Å². The van der Waals surface area contributed by atoms with Crippen molar-refractivity contribution < 1.29 is 9.53 Å². The van der Waals surface area contributed by atoms with Crippen LogP contribution in [0, 0.1) is 5.92 Å². The van der Waals surface area contributed by atoms with Crippen LogP contribution < -0.4 is 10.1 Å². The molecule has 2 rings (SSSR count). The zero-order valence-electron chi connectivity index (χ0n) is 12.0. The Hall–Kier alpha value is -1.51. The van der Waals surface area contributed by atoms with Crippen LogP contribution in [0.15, 0.2) is 24.3 Å². The van der Waals surface area contributed by atoms with Crippen LogP contribution in [0.25, 0.3) is 0 Å². The molecule has 104 valence electrons. The lowest BCUT2D eigenvalue weighted by Crippen LogP contribution is -2.48. The Morgan fingerprint density at radius 2 is 2.11 bits per heavy atom. The van der Waals surface area contributed by atoms with Gasteiger partial charge in [0.1, 0.15) is 5.75 Å². The van der Waals surface area contributed by atoms with Crippen LogP contribution in [0.1, 0.15) is 39.2 Å². The van der Waals surface area contributed by atoms with E-state index in [1.165, 1.54) is 5.56 Å². The Morgan fingerprint density at radius 1 is 1.37 bits per heavy atom. The summed E-state index contributed by atoms with van der Waals surface area (Å²) in [5, 5.41) is 3.19. The Morgan fingerprint density at radius 3 is 2.68 bits per heavy atom. The number of hydrogen-bond acceptors (Lipinski definition) is 2. The van der Waals surface area contributed by atoms with E-state index in [-0.39, 0.29) is 11.4 Å². The lowest BCUT2D eigenvalue weighted by Gasteiger charge is -2.34. The lowest BCUT2D eigenvalue weighted by atomic mass is 9.79. The monoisotopic (exact) mass is 261 g/mol. The highest BCUT2D eigenvalue weighted by Crippen LogP contribution is 2.34. The number of carbonyl (C=O) groups excluding carboxylic acids is 1. The molecule has 1 aromatic rings. The second-order valence-corrected chi connectivity index (χ2v) is 5.58. The molecule has 0 aliphatic carbocycles. The normalized spacial score (nSPS) is 22.6. The summed E-state index contributed by atoms with van der Waals surface area (Å²) in [4.78, 5) is 11.6. The van der Waals surface area contributed by atoms with Gasteiger partial charge in [-0.2, -0.15) is 0 Å². The van der Waals surface area contributed by atoms with E-state index in [0.29, 0.717) is 18.9 Å². The van der Waals surface area contributed by atoms with E-state index in [4.69, 9.17) is 4.74 Å². The van der Waals surface area contributed by atoms with E-state index >= 15 is 0 Å². The zero-order chi connectivity index (χ0) is 13.9. The van der Waals surface area contributed by atoms with Gasteiger partial charge in [0.25, 0.3) is 0 Å². The SMILES string of the molecule is CCOc1ccccc1CC1(C(C)C)CCC(=O)N1. The van der Waals surface area contributed by atoms with Crippen LogP contribution in [-0.2, 0) is 11.2 Å². The van der Waals surface area contributed by atoms with Crippen molar-refractivity contribution >= 4 is 5.91 Å². The number of carbonyl (C=O) groups is 1. The zero-order valence-corrected chi connectivity index (χ0v) is 12.0. The summed E-state index contributed by atoms with van der Waals surface area (Å²) in [6, 6.07) is 8.12. The third-order valence-electron chi connectivity index (χ3n) is 4.07. The highest BCUT2D eigenvalue weighted by Gasteiger charge is 2.40. The third-order valence-corrected chi connectivity index (χ3v) is 4.07. The Balaban J connectivity index is 2.25. The molecule has 1 heterocycles. The third kappa shape index (κ3) is 2.91. The minimum atomic E-state index is -0.121. The van der Waals surface area contributed by atoms with Crippen molar-refractivity contribution in [3.05, 3.63) is 29.8 Å². The van der Waals surface area contributed by atoms with E-state index in [1.54, 1.807) is 0 Å². The van der Waals surface area contributed by atoms with Crippen molar-refractivity contribution in [3.8, 4) is 5.75 Å². The van der Waals surface area contributed by atoms with Crippen molar-refractivity contribution in [1.29, 1.82) is 0 Å². The summed E-state index contributed by atoms with van der Waals surface area (Å²) in [6.45, 7) is 7.01. The van der Waals surface area contributed by atoms with Crippen molar-refractivity contribution in [2.24, 2.45) is 5.92 Å². The van der Waals surface area contributed by atoms with Gasteiger partial charge in [-0.05, 0) is 37.3 Å². The van der Waals surface area contributed by atoms with E-state index in [1.807, 2.05) is 25.1 Å². The van der Waals surface area contributed by atoms with Crippen LogP contribution in [-0.4, -0.2) is 18.1 Å². The molecule has 3 heteroatoms. The first-order valence-corrected chi connectivity index (χ1v) is 7.09. The van der Waals surface area contributed by atoms with Crippen molar-refractivity contribution in [1.82, 2.24) is 5.32 Å². The van der Waals surface area contributed by atoms with Crippen LogP contribution in [0.3, 0.4) is 0 Å². The van der Waals surface area contributed by atoms with Crippen LogP contribution in [0.4, 0.5) is 0 Å². The molecule has 1 N–H and O–H groups in total. The van der Waals surface area contributed by atoms with Gasteiger partial charge in [0.15, 0.2) is 0 Å². The summed E-state index contributed by atoms with van der Waals surface area (Å²) < 4.78 is 5.69. The summed E-state index contributed by atoms with van der Waals surface area (Å²) in [5.74, 6) is 1.52. The van der Waals surface area contributed by atoms with Gasteiger partial charge < -0.3 is 10.1 Å². The average molecular weight is 261 g/mol. The molecule has 1 aromatic carbocycles. The van der Waals surface area contributed by atoms with Crippen LogP contribution >= 0.6 is 0 Å². The van der Waals surface area contributed by atoms with Gasteiger partial charge in [-0.25, -0.2) is 0 Å². The molecule has 1 atom stereocenters. The van der Waals surface area contributed by atoms with Gasteiger partial charge in [0.05, 0.1) is 6.61 Å². The van der Waals surface area contributed by atoms with Gasteiger partial charge in [-0.15, -0.1) is 0 Å². The maximum Gasteiger partial charge on any atom is 0.220 e. The highest BCUT2D eigenvalue weighted by molar-refractivity contribution is 5.79. The molecule has 1 amide bonds. The lowest BCUT2D eigenvalue weighted by molar-refractivity contribution is -0.120. The number of amides is 1. The molecule has 1 aliphatic rings. The predicted octanol–water partition coefficient (Wildman–Crippen LogP) is 2.93. The summed E-state index contributed by atoms with van der Waals surface area (Å²) >= 11 is 0. The quantitative estimate of drug-likeness (QED) is 0.885. The molecule has 0 saturated carbocycles.